The number of fused-ring (bicyclic) bond motifs is 10. The van der Waals surface area contributed by atoms with E-state index in [1.807, 2.05) is 24.0 Å². The van der Waals surface area contributed by atoms with Crippen molar-refractivity contribution < 1.29 is 14.6 Å². The highest BCUT2D eigenvalue weighted by molar-refractivity contribution is 6.26. The number of rotatable bonds is 9. The molecule has 2 aromatic carbocycles. The van der Waals surface area contributed by atoms with Gasteiger partial charge < -0.3 is 34.5 Å². The van der Waals surface area contributed by atoms with Gasteiger partial charge in [0.25, 0.3) is 5.91 Å². The van der Waals surface area contributed by atoms with Crippen LogP contribution in [0.5, 0.6) is 11.6 Å². The van der Waals surface area contributed by atoms with Crippen LogP contribution in [0.1, 0.15) is 31.5 Å². The first-order valence-corrected chi connectivity index (χ1v) is 15.9. The predicted octanol–water partition coefficient (Wildman–Crippen LogP) is 4.27. The molecule has 10 heteroatoms. The number of benzene rings is 2. The summed E-state index contributed by atoms with van der Waals surface area (Å²) < 4.78 is 10.4. The van der Waals surface area contributed by atoms with Gasteiger partial charge in [0.1, 0.15) is 5.75 Å². The van der Waals surface area contributed by atoms with Gasteiger partial charge in [0.2, 0.25) is 0 Å². The molecule has 0 bridgehead atoms. The quantitative estimate of drug-likeness (QED) is 0.219. The Hall–Kier alpha value is -4.02. The molecular weight excluding hydrogens is 554 g/mol. The second kappa shape index (κ2) is 11.5. The van der Waals surface area contributed by atoms with Crippen LogP contribution in [0.15, 0.2) is 30.6 Å². The Morgan fingerprint density at radius 1 is 1.11 bits per heavy atom. The van der Waals surface area contributed by atoms with E-state index >= 15 is 0 Å². The SMILES string of the molecule is CC(C)Cn1c2ccc(OCC(=O)NCCCN3CCN(C)CC3)cc2c2c3c[nH]c(O)c3c3c(c21)CCc1nn(C)cc1-3. The second-order valence-corrected chi connectivity index (χ2v) is 13.0. The highest BCUT2D eigenvalue weighted by atomic mass is 16.5. The summed E-state index contributed by atoms with van der Waals surface area (Å²) in [5.74, 6) is 1.17. The summed E-state index contributed by atoms with van der Waals surface area (Å²) in [6, 6.07) is 6.14. The number of likely N-dealkylation sites (N-methyl/N-ethyl adjacent to an activating group) is 1. The average Bonchev–Trinajstić information content (AvgIpc) is 3.67. The van der Waals surface area contributed by atoms with Gasteiger partial charge in [-0.1, -0.05) is 13.8 Å². The van der Waals surface area contributed by atoms with Crippen LogP contribution in [0.25, 0.3) is 43.7 Å². The number of H-pyrrole nitrogens is 1. The number of aromatic hydroxyl groups is 1. The van der Waals surface area contributed by atoms with Crippen molar-refractivity contribution in [3.05, 3.63) is 41.9 Å². The maximum Gasteiger partial charge on any atom is 0.257 e. The van der Waals surface area contributed by atoms with E-state index in [1.54, 1.807) is 0 Å². The number of piperazine rings is 1. The van der Waals surface area contributed by atoms with E-state index in [0.717, 1.165) is 102 Å². The molecule has 2 aliphatic rings. The number of hydrogen-bond acceptors (Lipinski definition) is 6. The molecule has 232 valence electrons. The van der Waals surface area contributed by atoms with Crippen LogP contribution in [0, 0.1) is 5.92 Å². The molecule has 10 nitrogen and oxygen atoms in total. The number of ether oxygens (including phenoxy) is 1. The fourth-order valence-electron chi connectivity index (χ4n) is 7.21. The summed E-state index contributed by atoms with van der Waals surface area (Å²) in [6.07, 6.45) is 6.63. The van der Waals surface area contributed by atoms with Crippen molar-refractivity contribution in [2.45, 2.75) is 39.7 Å². The number of nitrogens with zero attached hydrogens (tertiary/aromatic N) is 5. The summed E-state index contributed by atoms with van der Waals surface area (Å²) in [5, 5.41) is 22.8. The molecule has 4 heterocycles. The first-order valence-electron chi connectivity index (χ1n) is 15.9. The van der Waals surface area contributed by atoms with E-state index in [0.29, 0.717) is 18.2 Å². The van der Waals surface area contributed by atoms with Gasteiger partial charge in [0.05, 0.1) is 16.6 Å². The third kappa shape index (κ3) is 5.09. The minimum absolute atomic E-state index is 0.0236. The van der Waals surface area contributed by atoms with Crippen molar-refractivity contribution in [3.8, 4) is 22.8 Å². The lowest BCUT2D eigenvalue weighted by Gasteiger charge is -2.32. The van der Waals surface area contributed by atoms with E-state index in [9.17, 15) is 9.90 Å². The van der Waals surface area contributed by atoms with Crippen molar-refractivity contribution in [2.75, 3.05) is 52.9 Å². The van der Waals surface area contributed by atoms with Crippen LogP contribution in [-0.2, 0) is 31.2 Å². The minimum Gasteiger partial charge on any atom is -0.494 e. The summed E-state index contributed by atoms with van der Waals surface area (Å²) in [5.41, 5.74) is 6.82. The lowest BCUT2D eigenvalue weighted by atomic mass is 9.85. The first-order chi connectivity index (χ1) is 21.3. The van der Waals surface area contributed by atoms with Gasteiger partial charge in [-0.3, -0.25) is 9.48 Å². The number of carbonyl (C=O) groups is 1. The number of aromatic nitrogens is 4. The van der Waals surface area contributed by atoms with E-state index in [4.69, 9.17) is 9.84 Å². The van der Waals surface area contributed by atoms with Crippen molar-refractivity contribution in [2.24, 2.45) is 13.0 Å². The molecule has 5 aromatic rings. The normalized spacial score (nSPS) is 15.8. The van der Waals surface area contributed by atoms with Crippen LogP contribution in [-0.4, -0.2) is 93.1 Å². The highest BCUT2D eigenvalue weighted by Gasteiger charge is 2.30. The fourth-order valence-corrected chi connectivity index (χ4v) is 7.21. The van der Waals surface area contributed by atoms with Crippen LogP contribution < -0.4 is 10.1 Å². The first kappa shape index (κ1) is 28.7. The van der Waals surface area contributed by atoms with Crippen LogP contribution >= 0.6 is 0 Å². The molecular formula is C34H43N7O3. The van der Waals surface area contributed by atoms with Gasteiger partial charge in [-0.2, -0.15) is 5.10 Å². The smallest absolute Gasteiger partial charge is 0.257 e. The molecule has 7 rings (SSSR count). The van der Waals surface area contributed by atoms with Gasteiger partial charge in [0, 0.05) is 91.5 Å². The molecule has 1 aliphatic heterocycles. The lowest BCUT2D eigenvalue weighted by molar-refractivity contribution is -0.123. The summed E-state index contributed by atoms with van der Waals surface area (Å²) in [4.78, 5) is 20.6. The van der Waals surface area contributed by atoms with E-state index in [-0.39, 0.29) is 18.4 Å². The zero-order valence-corrected chi connectivity index (χ0v) is 26.2. The summed E-state index contributed by atoms with van der Waals surface area (Å²) >= 11 is 0. The van der Waals surface area contributed by atoms with Crippen molar-refractivity contribution in [1.82, 2.24) is 34.4 Å². The van der Waals surface area contributed by atoms with Gasteiger partial charge in [-0.05, 0) is 62.5 Å². The van der Waals surface area contributed by atoms with Crippen LogP contribution in [0.2, 0.25) is 0 Å². The number of aryl methyl sites for hydroxylation is 3. The molecule has 1 saturated heterocycles. The Kier molecular flexibility index (Phi) is 7.50. The molecule has 3 N–H and O–H groups in total. The van der Waals surface area contributed by atoms with E-state index in [2.05, 4.69) is 63.9 Å². The Morgan fingerprint density at radius 3 is 2.73 bits per heavy atom. The Bertz CT molecular complexity index is 1860. The van der Waals surface area contributed by atoms with Crippen molar-refractivity contribution in [3.63, 3.8) is 0 Å². The van der Waals surface area contributed by atoms with Crippen LogP contribution in [0.3, 0.4) is 0 Å². The summed E-state index contributed by atoms with van der Waals surface area (Å²) in [6.45, 7) is 11.4. The maximum atomic E-state index is 12.7. The molecule has 1 fully saturated rings. The van der Waals surface area contributed by atoms with Gasteiger partial charge in [-0.25, -0.2) is 0 Å². The monoisotopic (exact) mass is 597 g/mol. The number of aromatic amines is 1. The topological polar surface area (TPSA) is 104 Å². The molecule has 1 aliphatic carbocycles. The van der Waals surface area contributed by atoms with Crippen molar-refractivity contribution in [1.29, 1.82) is 0 Å². The third-order valence-electron chi connectivity index (χ3n) is 9.27. The minimum atomic E-state index is -0.106. The third-order valence-corrected chi connectivity index (χ3v) is 9.27. The number of carbonyl (C=O) groups excluding carboxylic acids is 1. The average molecular weight is 598 g/mol. The number of amides is 1. The Labute approximate surface area is 257 Å². The summed E-state index contributed by atoms with van der Waals surface area (Å²) in [7, 11) is 4.12. The Morgan fingerprint density at radius 2 is 1.93 bits per heavy atom. The largest absolute Gasteiger partial charge is 0.494 e. The van der Waals surface area contributed by atoms with Crippen LogP contribution in [0.4, 0.5) is 0 Å². The van der Waals surface area contributed by atoms with E-state index < -0.39 is 0 Å². The molecule has 0 radical (unpaired) electrons. The zero-order valence-electron chi connectivity index (χ0n) is 26.2. The van der Waals surface area contributed by atoms with Gasteiger partial charge >= 0.3 is 0 Å². The molecule has 44 heavy (non-hydrogen) atoms. The highest BCUT2D eigenvalue weighted by Crippen LogP contribution is 2.49. The molecule has 0 atom stereocenters. The predicted molar refractivity (Wildman–Crippen MR) is 174 cm³/mol. The molecule has 1 amide bonds. The molecule has 0 saturated carbocycles. The van der Waals surface area contributed by atoms with E-state index in [1.165, 1.54) is 11.1 Å². The molecule has 3 aromatic heterocycles. The zero-order chi connectivity index (χ0) is 30.5. The standard InChI is InChI=1S/C34H43N7O3/c1-21(2)18-41-28-9-6-22(44-20-29(42)35-10-5-11-40-14-12-38(3)13-15-40)16-24(28)31-25-17-36-34(43)32(25)30-23(33(31)41)7-8-27-26(30)19-39(4)37-27/h6,9,16-17,19,21,36,43H,5,7-8,10-15,18,20H2,1-4H3,(H,35,42). The number of nitrogens with one attached hydrogen (secondary N) is 2. The fraction of sp³-hybridized carbons (Fsp3) is 0.471. The number of hydrogen-bond donors (Lipinski definition) is 3. The van der Waals surface area contributed by atoms with Gasteiger partial charge in [0.15, 0.2) is 12.5 Å². The molecule has 0 unspecified atom stereocenters. The lowest BCUT2D eigenvalue weighted by Crippen LogP contribution is -2.45. The second-order valence-electron chi connectivity index (χ2n) is 13.0. The molecule has 0 spiro atoms. The maximum absolute atomic E-state index is 12.7. The van der Waals surface area contributed by atoms with Crippen molar-refractivity contribution >= 4 is 38.5 Å². The van der Waals surface area contributed by atoms with Gasteiger partial charge in [-0.15, -0.1) is 0 Å². The Balaban J connectivity index is 1.19.